The molecule has 0 aliphatic carbocycles. The van der Waals surface area contributed by atoms with E-state index in [0.29, 0.717) is 12.1 Å². The summed E-state index contributed by atoms with van der Waals surface area (Å²) in [5, 5.41) is 13.2. The van der Waals surface area contributed by atoms with Crippen LogP contribution >= 0.6 is 0 Å². The van der Waals surface area contributed by atoms with Crippen molar-refractivity contribution in [2.45, 2.75) is 77.0 Å². The molecule has 0 radical (unpaired) electrons. The summed E-state index contributed by atoms with van der Waals surface area (Å²) in [7, 11) is 0. The smallest absolute Gasteiger partial charge is 0.0611 e. The number of rotatable bonds is 6. The Morgan fingerprint density at radius 1 is 1.33 bits per heavy atom. The van der Waals surface area contributed by atoms with Gasteiger partial charge in [0.15, 0.2) is 0 Å². The number of fused-ring (bicyclic) bond motifs is 1. The lowest BCUT2D eigenvalue weighted by Gasteiger charge is -2.50. The van der Waals surface area contributed by atoms with E-state index >= 15 is 0 Å². The maximum atomic E-state index is 9.73. The van der Waals surface area contributed by atoms with E-state index in [2.05, 4.69) is 42.8 Å². The molecular formula is C17H35N3O. The molecule has 4 nitrogen and oxygen atoms in total. The zero-order chi connectivity index (χ0) is 15.5. The number of aliphatic hydroxyl groups excluding tert-OH is 1. The van der Waals surface area contributed by atoms with Gasteiger partial charge in [-0.25, -0.2) is 0 Å². The first-order valence-electron chi connectivity index (χ1n) is 8.84. The van der Waals surface area contributed by atoms with Crippen LogP contribution in [0.4, 0.5) is 0 Å². The van der Waals surface area contributed by atoms with Crippen molar-refractivity contribution in [2.75, 3.05) is 32.8 Å². The Bertz CT molecular complexity index is 325. The van der Waals surface area contributed by atoms with Crippen LogP contribution in [-0.4, -0.2) is 71.4 Å². The molecule has 2 aliphatic rings. The molecule has 0 aromatic carbocycles. The summed E-state index contributed by atoms with van der Waals surface area (Å²) in [4.78, 5) is 5.38. The normalized spacial score (nSPS) is 32.4. The van der Waals surface area contributed by atoms with Crippen molar-refractivity contribution in [3.63, 3.8) is 0 Å². The number of likely N-dealkylation sites (N-methyl/N-ethyl adjacent to an activating group) is 1. The third kappa shape index (κ3) is 4.19. The van der Waals surface area contributed by atoms with Gasteiger partial charge < -0.3 is 10.4 Å². The van der Waals surface area contributed by atoms with E-state index in [4.69, 9.17) is 0 Å². The van der Waals surface area contributed by atoms with Crippen LogP contribution in [0.3, 0.4) is 0 Å². The molecule has 2 rings (SSSR count). The average Bonchev–Trinajstić information content (AvgIpc) is 2.46. The van der Waals surface area contributed by atoms with Crippen molar-refractivity contribution < 1.29 is 5.11 Å². The highest BCUT2D eigenvalue weighted by molar-refractivity contribution is 4.94. The summed E-state index contributed by atoms with van der Waals surface area (Å²) < 4.78 is 0. The van der Waals surface area contributed by atoms with Gasteiger partial charge in [0.25, 0.3) is 0 Å². The van der Waals surface area contributed by atoms with Gasteiger partial charge in [0.1, 0.15) is 0 Å². The number of aliphatic hydroxyl groups is 1. The van der Waals surface area contributed by atoms with Crippen LogP contribution in [-0.2, 0) is 0 Å². The summed E-state index contributed by atoms with van der Waals surface area (Å²) in [6, 6.07) is 1.90. The van der Waals surface area contributed by atoms with Crippen molar-refractivity contribution in [2.24, 2.45) is 0 Å². The highest BCUT2D eigenvalue weighted by Crippen LogP contribution is 2.27. The Balaban J connectivity index is 1.96. The Hall–Kier alpha value is -0.160. The largest absolute Gasteiger partial charge is 0.394 e. The minimum Gasteiger partial charge on any atom is -0.394 e. The van der Waals surface area contributed by atoms with Gasteiger partial charge in [0.05, 0.1) is 6.61 Å². The molecule has 2 saturated heterocycles. The first-order valence-corrected chi connectivity index (χ1v) is 8.84. The Kier molecular flexibility index (Phi) is 6.06. The number of hydrogen-bond donors (Lipinski definition) is 2. The molecule has 2 N–H and O–H groups in total. The van der Waals surface area contributed by atoms with Crippen molar-refractivity contribution in [3.05, 3.63) is 0 Å². The summed E-state index contributed by atoms with van der Waals surface area (Å²) >= 11 is 0. The second-order valence-corrected chi connectivity index (χ2v) is 7.49. The van der Waals surface area contributed by atoms with E-state index in [0.717, 1.165) is 19.0 Å². The minimum atomic E-state index is -0.155. The molecule has 2 aliphatic heterocycles. The maximum absolute atomic E-state index is 9.73. The van der Waals surface area contributed by atoms with E-state index in [1.165, 1.54) is 38.9 Å². The van der Waals surface area contributed by atoms with Crippen molar-refractivity contribution in [1.29, 1.82) is 0 Å². The molecule has 2 heterocycles. The number of nitrogens with zero attached hydrogens (tertiary/aromatic N) is 2. The van der Waals surface area contributed by atoms with Gasteiger partial charge in [-0.1, -0.05) is 13.3 Å². The van der Waals surface area contributed by atoms with Gasteiger partial charge in [-0.05, 0) is 53.1 Å². The zero-order valence-electron chi connectivity index (χ0n) is 14.4. The van der Waals surface area contributed by atoms with E-state index in [-0.39, 0.29) is 12.1 Å². The first-order chi connectivity index (χ1) is 9.99. The number of piperidine rings is 1. The molecule has 0 spiro atoms. The van der Waals surface area contributed by atoms with Crippen molar-refractivity contribution in [1.82, 2.24) is 15.1 Å². The molecule has 0 amide bonds. The molecule has 4 heteroatoms. The molecule has 124 valence electrons. The van der Waals surface area contributed by atoms with Crippen LogP contribution in [0.25, 0.3) is 0 Å². The number of piperazine rings is 1. The molecule has 4 atom stereocenters. The fourth-order valence-corrected chi connectivity index (χ4v) is 4.38. The van der Waals surface area contributed by atoms with Gasteiger partial charge in [-0.15, -0.1) is 0 Å². The lowest BCUT2D eigenvalue weighted by molar-refractivity contribution is -0.0138. The SMILES string of the molecule is CCNC(C)(CO)CC(C)N1CC2CCCCN2CC1C. The summed E-state index contributed by atoms with van der Waals surface area (Å²) in [6.07, 6.45) is 5.14. The molecule has 2 fully saturated rings. The third-order valence-corrected chi connectivity index (χ3v) is 5.50. The fourth-order valence-electron chi connectivity index (χ4n) is 4.38. The van der Waals surface area contributed by atoms with Crippen LogP contribution in [0.2, 0.25) is 0 Å². The monoisotopic (exact) mass is 297 g/mol. The van der Waals surface area contributed by atoms with Gasteiger partial charge in [-0.3, -0.25) is 9.80 Å². The summed E-state index contributed by atoms with van der Waals surface area (Å²) in [5.41, 5.74) is -0.155. The van der Waals surface area contributed by atoms with Gasteiger partial charge in [-0.2, -0.15) is 0 Å². The zero-order valence-corrected chi connectivity index (χ0v) is 14.4. The topological polar surface area (TPSA) is 38.7 Å². The van der Waals surface area contributed by atoms with Crippen molar-refractivity contribution >= 4 is 0 Å². The summed E-state index contributed by atoms with van der Waals surface area (Å²) in [6.45, 7) is 13.8. The van der Waals surface area contributed by atoms with Crippen LogP contribution in [0, 0.1) is 0 Å². The maximum Gasteiger partial charge on any atom is 0.0611 e. The Morgan fingerprint density at radius 3 is 2.76 bits per heavy atom. The lowest BCUT2D eigenvalue weighted by atomic mass is 9.90. The minimum absolute atomic E-state index is 0.155. The first kappa shape index (κ1) is 17.2. The molecule has 0 saturated carbocycles. The third-order valence-electron chi connectivity index (χ3n) is 5.50. The molecule has 21 heavy (non-hydrogen) atoms. The lowest BCUT2D eigenvalue weighted by Crippen LogP contribution is -2.62. The van der Waals surface area contributed by atoms with Crippen LogP contribution in [0.15, 0.2) is 0 Å². The molecule has 0 aromatic heterocycles. The highest BCUT2D eigenvalue weighted by atomic mass is 16.3. The second-order valence-electron chi connectivity index (χ2n) is 7.49. The summed E-state index contributed by atoms with van der Waals surface area (Å²) in [5.74, 6) is 0. The molecule has 0 aromatic rings. The van der Waals surface area contributed by atoms with Gasteiger partial charge >= 0.3 is 0 Å². The number of hydrogen-bond acceptors (Lipinski definition) is 4. The number of nitrogens with one attached hydrogen (secondary N) is 1. The van der Waals surface area contributed by atoms with E-state index in [1.54, 1.807) is 0 Å². The quantitative estimate of drug-likeness (QED) is 0.782. The van der Waals surface area contributed by atoms with E-state index < -0.39 is 0 Å². The van der Waals surface area contributed by atoms with Crippen LogP contribution in [0.5, 0.6) is 0 Å². The molecule has 0 bridgehead atoms. The second kappa shape index (κ2) is 7.40. The average molecular weight is 297 g/mol. The van der Waals surface area contributed by atoms with E-state index in [9.17, 15) is 5.11 Å². The molecule has 4 unspecified atom stereocenters. The molecular weight excluding hydrogens is 262 g/mol. The standard InChI is InChI=1S/C17H35N3O/c1-5-18-17(4,13-21)10-14(2)20-12-16-8-6-7-9-19(16)11-15(20)3/h14-16,18,21H,5-13H2,1-4H3. The predicted molar refractivity (Wildman–Crippen MR) is 88.6 cm³/mol. The predicted octanol–water partition coefficient (Wildman–Crippen LogP) is 1.68. The van der Waals surface area contributed by atoms with Crippen LogP contribution in [0.1, 0.15) is 53.4 Å². The van der Waals surface area contributed by atoms with Crippen LogP contribution < -0.4 is 5.32 Å². The Morgan fingerprint density at radius 2 is 2.10 bits per heavy atom. The van der Waals surface area contributed by atoms with Gasteiger partial charge in [0, 0.05) is 36.8 Å². The highest BCUT2D eigenvalue weighted by Gasteiger charge is 2.36. The van der Waals surface area contributed by atoms with Gasteiger partial charge in [0.2, 0.25) is 0 Å². The van der Waals surface area contributed by atoms with Crippen molar-refractivity contribution in [3.8, 4) is 0 Å². The Labute approximate surface area is 130 Å². The fraction of sp³-hybridized carbons (Fsp3) is 1.00. The van der Waals surface area contributed by atoms with E-state index in [1.807, 2.05) is 0 Å².